The molecule has 140 valence electrons. The zero-order chi connectivity index (χ0) is 19.2. The number of piperidine rings is 1. The SMILES string of the molecule is CCOC(=O)C(=[N+]=[N-])C(=O)[C@@]1(CC)CCCN(C(=O)Cc2ccoc2)C1. The lowest BCUT2D eigenvalue weighted by Gasteiger charge is -2.40. The van der Waals surface area contributed by atoms with Crippen molar-refractivity contribution >= 4 is 23.4 Å². The molecule has 0 unspecified atom stereocenters. The largest absolute Gasteiger partial charge is 0.472 e. The van der Waals surface area contributed by atoms with E-state index in [1.807, 2.05) is 6.92 Å². The fraction of sp³-hybridized carbons (Fsp3) is 0.556. The second-order valence-electron chi connectivity index (χ2n) is 6.36. The Kier molecular flexibility index (Phi) is 6.46. The highest BCUT2D eigenvalue weighted by Crippen LogP contribution is 2.35. The molecule has 1 aliphatic rings. The number of Topliss-reactive ketones (excluding diaryl/α,β-unsaturated/α-hetero) is 1. The summed E-state index contributed by atoms with van der Waals surface area (Å²) in [5, 5.41) is 0. The van der Waals surface area contributed by atoms with E-state index in [2.05, 4.69) is 4.79 Å². The van der Waals surface area contributed by atoms with Gasteiger partial charge in [0.05, 0.1) is 31.0 Å². The van der Waals surface area contributed by atoms with Crippen molar-refractivity contribution in [2.45, 2.75) is 39.5 Å². The number of carbonyl (C=O) groups excluding carboxylic acids is 3. The number of ether oxygens (including phenoxy) is 1. The first-order chi connectivity index (χ1) is 12.5. The number of carbonyl (C=O) groups is 3. The van der Waals surface area contributed by atoms with E-state index in [1.165, 1.54) is 12.5 Å². The van der Waals surface area contributed by atoms with Gasteiger partial charge in [-0.2, -0.15) is 4.79 Å². The quantitative estimate of drug-likeness (QED) is 0.241. The van der Waals surface area contributed by atoms with Gasteiger partial charge in [-0.25, -0.2) is 4.79 Å². The van der Waals surface area contributed by atoms with Crippen LogP contribution in [0.3, 0.4) is 0 Å². The highest BCUT2D eigenvalue weighted by atomic mass is 16.5. The third-order valence-corrected chi connectivity index (χ3v) is 4.81. The van der Waals surface area contributed by atoms with E-state index >= 15 is 0 Å². The number of hydrogen-bond donors (Lipinski definition) is 0. The Morgan fingerprint density at radius 3 is 2.73 bits per heavy atom. The van der Waals surface area contributed by atoms with E-state index in [1.54, 1.807) is 17.9 Å². The molecule has 0 spiro atoms. The zero-order valence-electron chi connectivity index (χ0n) is 15.1. The van der Waals surface area contributed by atoms with Crippen LogP contribution in [0.5, 0.6) is 0 Å². The first kappa shape index (κ1) is 19.6. The lowest BCUT2D eigenvalue weighted by molar-refractivity contribution is -0.145. The van der Waals surface area contributed by atoms with Crippen LogP contribution in [0.4, 0.5) is 0 Å². The maximum atomic E-state index is 12.9. The second kappa shape index (κ2) is 8.58. The fourth-order valence-corrected chi connectivity index (χ4v) is 3.29. The van der Waals surface area contributed by atoms with Crippen molar-refractivity contribution in [2.24, 2.45) is 5.41 Å². The van der Waals surface area contributed by atoms with Crippen molar-refractivity contribution < 1.29 is 28.3 Å². The van der Waals surface area contributed by atoms with Gasteiger partial charge >= 0.3 is 11.7 Å². The minimum Gasteiger partial charge on any atom is -0.472 e. The summed E-state index contributed by atoms with van der Waals surface area (Å²) in [4.78, 5) is 41.9. The molecule has 2 rings (SSSR count). The van der Waals surface area contributed by atoms with Crippen molar-refractivity contribution in [3.63, 3.8) is 0 Å². The van der Waals surface area contributed by atoms with Gasteiger partial charge in [0, 0.05) is 13.1 Å². The zero-order valence-corrected chi connectivity index (χ0v) is 15.1. The summed E-state index contributed by atoms with van der Waals surface area (Å²) >= 11 is 0. The van der Waals surface area contributed by atoms with Crippen LogP contribution in [0.15, 0.2) is 23.0 Å². The number of amides is 1. The first-order valence-electron chi connectivity index (χ1n) is 8.70. The Morgan fingerprint density at radius 1 is 1.38 bits per heavy atom. The molecule has 1 fully saturated rings. The van der Waals surface area contributed by atoms with Crippen LogP contribution in [-0.4, -0.2) is 52.8 Å². The molecule has 8 heteroatoms. The number of furan rings is 1. The van der Waals surface area contributed by atoms with Gasteiger partial charge in [-0.05, 0) is 37.8 Å². The van der Waals surface area contributed by atoms with E-state index in [-0.39, 0.29) is 25.5 Å². The topological polar surface area (TPSA) is 113 Å². The number of esters is 1. The predicted molar refractivity (Wildman–Crippen MR) is 91.2 cm³/mol. The fourth-order valence-electron chi connectivity index (χ4n) is 3.29. The Hall–Kier alpha value is -2.73. The minimum absolute atomic E-state index is 0.0690. The van der Waals surface area contributed by atoms with Gasteiger partial charge in [-0.15, -0.1) is 0 Å². The van der Waals surface area contributed by atoms with Crippen LogP contribution < -0.4 is 0 Å². The van der Waals surface area contributed by atoms with Gasteiger partial charge in [-0.1, -0.05) is 6.92 Å². The van der Waals surface area contributed by atoms with Crippen molar-refractivity contribution in [3.8, 4) is 0 Å². The van der Waals surface area contributed by atoms with Gasteiger partial charge in [0.15, 0.2) is 0 Å². The second-order valence-corrected chi connectivity index (χ2v) is 6.36. The molecule has 2 heterocycles. The average Bonchev–Trinajstić information content (AvgIpc) is 3.15. The average molecular weight is 361 g/mol. The van der Waals surface area contributed by atoms with Crippen LogP contribution in [0.2, 0.25) is 0 Å². The van der Waals surface area contributed by atoms with Crippen molar-refractivity contribution in [1.29, 1.82) is 0 Å². The molecule has 1 saturated heterocycles. The van der Waals surface area contributed by atoms with Gasteiger partial charge < -0.3 is 19.6 Å². The number of likely N-dealkylation sites (tertiary alicyclic amines) is 1. The number of hydrogen-bond acceptors (Lipinski definition) is 5. The van der Waals surface area contributed by atoms with E-state index in [0.29, 0.717) is 25.8 Å². The first-order valence-corrected chi connectivity index (χ1v) is 8.70. The van der Waals surface area contributed by atoms with Gasteiger partial charge in [0.2, 0.25) is 5.91 Å². The molecule has 0 saturated carbocycles. The molecule has 1 aromatic heterocycles. The third-order valence-electron chi connectivity index (χ3n) is 4.81. The number of rotatable bonds is 7. The Bertz CT molecular complexity index is 721. The predicted octanol–water partition coefficient (Wildman–Crippen LogP) is 1.64. The number of nitrogens with zero attached hydrogens (tertiary/aromatic N) is 3. The normalized spacial score (nSPS) is 19.5. The van der Waals surface area contributed by atoms with Crippen molar-refractivity contribution in [2.75, 3.05) is 19.7 Å². The van der Waals surface area contributed by atoms with Crippen molar-refractivity contribution in [1.82, 2.24) is 4.90 Å². The molecule has 26 heavy (non-hydrogen) atoms. The minimum atomic E-state index is -0.960. The molecule has 1 atom stereocenters. The van der Waals surface area contributed by atoms with E-state index < -0.39 is 22.9 Å². The molecule has 1 aromatic rings. The molecule has 0 bridgehead atoms. The molecule has 0 radical (unpaired) electrons. The van der Waals surface area contributed by atoms with Crippen LogP contribution in [0, 0.1) is 5.41 Å². The summed E-state index contributed by atoms with van der Waals surface area (Å²) in [6, 6.07) is 1.72. The monoisotopic (exact) mass is 361 g/mol. The molecule has 0 aliphatic carbocycles. The standard InChI is InChI=1S/C18H23N3O5/c1-3-18(16(23)15(20-19)17(24)26-4-2)7-5-8-21(12-18)14(22)10-13-6-9-25-11-13/h6,9,11H,3-5,7-8,10,12H2,1-2H3/t18-/m0/s1. The summed E-state index contributed by atoms with van der Waals surface area (Å²) in [6.45, 7) is 4.21. The van der Waals surface area contributed by atoms with E-state index in [4.69, 9.17) is 14.7 Å². The summed E-state index contributed by atoms with van der Waals surface area (Å²) in [7, 11) is 0. The van der Waals surface area contributed by atoms with E-state index in [9.17, 15) is 14.4 Å². The highest BCUT2D eigenvalue weighted by molar-refractivity contribution is 6.63. The van der Waals surface area contributed by atoms with Crippen LogP contribution in [0.1, 0.15) is 38.7 Å². The molecular formula is C18H23N3O5. The lowest BCUT2D eigenvalue weighted by atomic mass is 9.72. The molecule has 8 nitrogen and oxygen atoms in total. The van der Waals surface area contributed by atoms with Gasteiger partial charge in [0.1, 0.15) is 0 Å². The molecule has 1 aliphatic heterocycles. The highest BCUT2D eigenvalue weighted by Gasteiger charge is 2.49. The summed E-state index contributed by atoms with van der Waals surface area (Å²) in [5.74, 6) is -1.65. The molecule has 0 N–H and O–H groups in total. The van der Waals surface area contributed by atoms with Gasteiger partial charge in [0.25, 0.3) is 5.78 Å². The van der Waals surface area contributed by atoms with Crippen LogP contribution in [0.25, 0.3) is 5.53 Å². The third kappa shape index (κ3) is 4.08. The number of ketones is 1. The van der Waals surface area contributed by atoms with Crippen LogP contribution in [-0.2, 0) is 25.5 Å². The van der Waals surface area contributed by atoms with Crippen molar-refractivity contribution in [3.05, 3.63) is 29.7 Å². The molecular weight excluding hydrogens is 338 g/mol. The van der Waals surface area contributed by atoms with Crippen LogP contribution >= 0.6 is 0 Å². The Balaban J connectivity index is 2.18. The summed E-state index contributed by atoms with van der Waals surface area (Å²) in [6.07, 6.45) is 4.75. The maximum absolute atomic E-state index is 12.9. The Morgan fingerprint density at radius 2 is 2.15 bits per heavy atom. The maximum Gasteiger partial charge on any atom is 0.442 e. The lowest BCUT2D eigenvalue weighted by Crippen LogP contribution is -2.53. The molecule has 0 aromatic carbocycles. The Labute approximate surface area is 151 Å². The smallest absolute Gasteiger partial charge is 0.442 e. The molecule has 1 amide bonds. The summed E-state index contributed by atoms with van der Waals surface area (Å²) < 4.78 is 9.78. The summed E-state index contributed by atoms with van der Waals surface area (Å²) in [5.41, 5.74) is 8.35. The van der Waals surface area contributed by atoms with E-state index in [0.717, 1.165) is 5.56 Å². The van der Waals surface area contributed by atoms with Gasteiger partial charge in [-0.3, -0.25) is 9.59 Å².